The Bertz CT molecular complexity index is 904. The van der Waals surface area contributed by atoms with Gasteiger partial charge >= 0.3 is 0 Å². The first-order chi connectivity index (χ1) is 11.2. The highest BCUT2D eigenvalue weighted by Gasteiger charge is 2.08. The average Bonchev–Trinajstić information content (AvgIpc) is 2.57. The number of fused-ring (bicyclic) bond motifs is 1. The number of nitrogens with zero attached hydrogens (tertiary/aromatic N) is 1. The maximum Gasteiger partial charge on any atom is 0.273 e. The molecule has 0 atom stereocenters. The Morgan fingerprint density at radius 2 is 1.78 bits per heavy atom. The summed E-state index contributed by atoms with van der Waals surface area (Å²) in [7, 11) is 0. The lowest BCUT2D eigenvalue weighted by atomic mass is 10.0. The zero-order chi connectivity index (χ0) is 16.2. The summed E-state index contributed by atoms with van der Waals surface area (Å²) in [6, 6.07) is 17.8. The summed E-state index contributed by atoms with van der Waals surface area (Å²) in [5, 5.41) is 15.8. The smallest absolute Gasteiger partial charge is 0.273 e. The van der Waals surface area contributed by atoms with E-state index in [-0.39, 0.29) is 5.75 Å². The predicted molar refractivity (Wildman–Crippen MR) is 91.5 cm³/mol. The molecule has 0 aromatic heterocycles. The molecule has 1 amide bonds. The van der Waals surface area contributed by atoms with E-state index in [0.29, 0.717) is 16.8 Å². The Morgan fingerprint density at radius 3 is 2.61 bits per heavy atom. The second kappa shape index (κ2) is 6.19. The largest absolute Gasteiger partial charge is 0.507 e. The van der Waals surface area contributed by atoms with Crippen LogP contribution in [0.25, 0.3) is 10.8 Å². The Kier molecular flexibility index (Phi) is 3.93. The molecule has 0 aliphatic rings. The second-order valence-electron chi connectivity index (χ2n) is 5.01. The zero-order valence-electron chi connectivity index (χ0n) is 12.2. The van der Waals surface area contributed by atoms with Crippen molar-refractivity contribution in [2.45, 2.75) is 0 Å². The van der Waals surface area contributed by atoms with Gasteiger partial charge in [-0.25, -0.2) is 5.43 Å². The van der Waals surface area contributed by atoms with Crippen molar-refractivity contribution in [1.82, 2.24) is 5.43 Å². The van der Waals surface area contributed by atoms with Crippen molar-refractivity contribution >= 4 is 28.6 Å². The lowest BCUT2D eigenvalue weighted by molar-refractivity contribution is 0.0956. The van der Waals surface area contributed by atoms with Crippen molar-refractivity contribution in [2.24, 2.45) is 5.10 Å². The second-order valence-corrected chi connectivity index (χ2v) is 5.01. The van der Waals surface area contributed by atoms with E-state index in [0.717, 1.165) is 10.8 Å². The molecule has 0 saturated carbocycles. The molecule has 3 aromatic rings. The predicted octanol–water partition coefficient (Wildman–Crippen LogP) is 2.89. The van der Waals surface area contributed by atoms with Crippen molar-refractivity contribution in [3.63, 3.8) is 0 Å². The molecule has 0 aliphatic carbocycles. The summed E-state index contributed by atoms with van der Waals surface area (Å²) in [6.07, 6.45) is 1.43. The molecule has 23 heavy (non-hydrogen) atoms. The highest BCUT2D eigenvalue weighted by molar-refractivity contribution is 6.03. The normalized spacial score (nSPS) is 11.0. The fraction of sp³-hybridized carbons (Fsp3) is 0. The molecule has 114 valence electrons. The summed E-state index contributed by atoms with van der Waals surface area (Å²) in [6.45, 7) is 0. The first kappa shape index (κ1) is 14.6. The quantitative estimate of drug-likeness (QED) is 0.395. The van der Waals surface area contributed by atoms with Gasteiger partial charge in [0.25, 0.3) is 5.91 Å². The molecule has 3 aromatic carbocycles. The van der Waals surface area contributed by atoms with Gasteiger partial charge in [0.2, 0.25) is 0 Å². The van der Waals surface area contributed by atoms with Crippen LogP contribution in [0, 0.1) is 0 Å². The van der Waals surface area contributed by atoms with Crippen LogP contribution in [0.4, 0.5) is 5.69 Å². The van der Waals surface area contributed by atoms with Gasteiger partial charge in [0.15, 0.2) is 0 Å². The van der Waals surface area contributed by atoms with Crippen molar-refractivity contribution in [1.29, 1.82) is 0 Å². The number of carbonyl (C=O) groups is 1. The first-order valence-electron chi connectivity index (χ1n) is 7.05. The maximum absolute atomic E-state index is 12.0. The SMILES string of the molecule is Nc1ccccc1C(=O)N/N=C\c1c(O)ccc2ccccc12. The highest BCUT2D eigenvalue weighted by Crippen LogP contribution is 2.25. The molecule has 0 spiro atoms. The number of nitrogens with two attached hydrogens (primary N) is 1. The number of hydrazone groups is 1. The van der Waals surface area contributed by atoms with Gasteiger partial charge in [0, 0.05) is 11.3 Å². The number of aromatic hydroxyl groups is 1. The lowest BCUT2D eigenvalue weighted by Crippen LogP contribution is -2.19. The van der Waals surface area contributed by atoms with E-state index in [9.17, 15) is 9.90 Å². The van der Waals surface area contributed by atoms with Gasteiger partial charge in [-0.05, 0) is 29.0 Å². The number of nitrogen functional groups attached to an aromatic ring is 1. The monoisotopic (exact) mass is 305 g/mol. The molecule has 5 heteroatoms. The summed E-state index contributed by atoms with van der Waals surface area (Å²) in [4.78, 5) is 12.0. The molecule has 0 heterocycles. The van der Waals surface area contributed by atoms with E-state index in [2.05, 4.69) is 10.5 Å². The molecule has 0 fully saturated rings. The topological polar surface area (TPSA) is 87.7 Å². The molecular formula is C18H15N3O2. The zero-order valence-corrected chi connectivity index (χ0v) is 12.2. The van der Waals surface area contributed by atoms with Crippen molar-refractivity contribution < 1.29 is 9.90 Å². The summed E-state index contributed by atoms with van der Waals surface area (Å²) in [5.41, 5.74) is 9.45. The number of carbonyl (C=O) groups excluding carboxylic acids is 1. The molecule has 0 unspecified atom stereocenters. The van der Waals surface area contributed by atoms with Crippen LogP contribution in [0.3, 0.4) is 0 Å². The number of benzene rings is 3. The Balaban J connectivity index is 1.85. The number of anilines is 1. The number of nitrogens with one attached hydrogen (secondary N) is 1. The Hall–Kier alpha value is -3.34. The third kappa shape index (κ3) is 2.98. The van der Waals surface area contributed by atoms with Gasteiger partial charge in [-0.15, -0.1) is 0 Å². The van der Waals surface area contributed by atoms with Gasteiger partial charge in [-0.3, -0.25) is 4.79 Å². The fourth-order valence-corrected chi connectivity index (χ4v) is 2.34. The third-order valence-corrected chi connectivity index (χ3v) is 3.51. The van der Waals surface area contributed by atoms with Crippen LogP contribution in [-0.4, -0.2) is 17.2 Å². The van der Waals surface area contributed by atoms with Gasteiger partial charge in [-0.2, -0.15) is 5.10 Å². The standard InChI is InChI=1S/C18H15N3O2/c19-16-8-4-3-7-14(16)18(23)21-20-11-15-13-6-2-1-5-12(13)9-10-17(15)22/h1-11,22H,19H2,(H,21,23)/b20-11-. The van der Waals surface area contributed by atoms with E-state index in [1.165, 1.54) is 6.21 Å². The van der Waals surface area contributed by atoms with Crippen LogP contribution in [0.1, 0.15) is 15.9 Å². The van der Waals surface area contributed by atoms with Gasteiger partial charge in [0.1, 0.15) is 5.75 Å². The molecule has 0 aliphatic heterocycles. The molecule has 3 rings (SSSR count). The van der Waals surface area contributed by atoms with E-state index in [1.54, 1.807) is 30.3 Å². The lowest BCUT2D eigenvalue weighted by Gasteiger charge is -2.05. The van der Waals surface area contributed by atoms with E-state index in [1.807, 2.05) is 30.3 Å². The molecule has 0 bridgehead atoms. The van der Waals surface area contributed by atoms with Crippen LogP contribution in [0.15, 0.2) is 65.8 Å². The van der Waals surface area contributed by atoms with Crippen molar-refractivity contribution in [2.75, 3.05) is 5.73 Å². The van der Waals surface area contributed by atoms with Gasteiger partial charge in [-0.1, -0.05) is 42.5 Å². The summed E-state index contributed by atoms with van der Waals surface area (Å²) < 4.78 is 0. The highest BCUT2D eigenvalue weighted by atomic mass is 16.3. The van der Waals surface area contributed by atoms with Crippen molar-refractivity contribution in [3.8, 4) is 5.75 Å². The van der Waals surface area contributed by atoms with Crippen LogP contribution in [-0.2, 0) is 0 Å². The summed E-state index contributed by atoms with van der Waals surface area (Å²) in [5.74, 6) is -0.306. The fourth-order valence-electron chi connectivity index (χ4n) is 2.34. The molecule has 0 saturated heterocycles. The first-order valence-corrected chi connectivity index (χ1v) is 7.05. The Labute approximate surface area is 133 Å². The van der Waals surface area contributed by atoms with E-state index in [4.69, 9.17) is 5.73 Å². The van der Waals surface area contributed by atoms with E-state index >= 15 is 0 Å². The number of para-hydroxylation sites is 1. The minimum atomic E-state index is -0.404. The van der Waals surface area contributed by atoms with Crippen LogP contribution in [0.2, 0.25) is 0 Å². The Morgan fingerprint density at radius 1 is 1.04 bits per heavy atom. The van der Waals surface area contributed by atoms with Crippen molar-refractivity contribution in [3.05, 3.63) is 71.8 Å². The van der Waals surface area contributed by atoms with Crippen LogP contribution < -0.4 is 11.2 Å². The van der Waals surface area contributed by atoms with E-state index < -0.39 is 5.91 Å². The number of hydrogen-bond donors (Lipinski definition) is 3. The number of phenolic OH excluding ortho intramolecular Hbond substituents is 1. The van der Waals surface area contributed by atoms with Crippen LogP contribution >= 0.6 is 0 Å². The minimum Gasteiger partial charge on any atom is -0.507 e. The molecule has 0 radical (unpaired) electrons. The maximum atomic E-state index is 12.0. The molecular weight excluding hydrogens is 290 g/mol. The van der Waals surface area contributed by atoms with Gasteiger partial charge < -0.3 is 10.8 Å². The van der Waals surface area contributed by atoms with Crippen LogP contribution in [0.5, 0.6) is 5.75 Å². The number of rotatable bonds is 3. The number of hydrogen-bond acceptors (Lipinski definition) is 4. The molecule has 5 nitrogen and oxygen atoms in total. The number of amides is 1. The van der Waals surface area contributed by atoms with Gasteiger partial charge in [0.05, 0.1) is 11.8 Å². The average molecular weight is 305 g/mol. The third-order valence-electron chi connectivity index (χ3n) is 3.51. The number of phenols is 1. The minimum absolute atomic E-state index is 0.0981. The molecule has 4 N–H and O–H groups in total. The summed E-state index contributed by atoms with van der Waals surface area (Å²) >= 11 is 0.